The highest BCUT2D eigenvalue weighted by molar-refractivity contribution is 5.89. The Morgan fingerprint density at radius 3 is 2.86 bits per heavy atom. The Hall–Kier alpha value is -2.77. The molecule has 8 heteroatoms. The molecule has 2 amide bonds. The van der Waals surface area contributed by atoms with E-state index in [1.165, 1.54) is 4.68 Å². The van der Waals surface area contributed by atoms with E-state index in [0.717, 1.165) is 42.9 Å². The molecule has 1 aromatic heterocycles. The van der Waals surface area contributed by atoms with Gasteiger partial charge in [0, 0.05) is 31.7 Å². The summed E-state index contributed by atoms with van der Waals surface area (Å²) in [5.41, 5.74) is 1.64. The molecule has 0 bridgehead atoms. The number of rotatable bonds is 7. The van der Waals surface area contributed by atoms with Crippen molar-refractivity contribution in [3.05, 3.63) is 40.1 Å². The third kappa shape index (κ3) is 4.94. The summed E-state index contributed by atoms with van der Waals surface area (Å²) in [5, 5.41) is 10.0. The van der Waals surface area contributed by atoms with E-state index in [9.17, 15) is 9.59 Å². The maximum atomic E-state index is 12.3. The van der Waals surface area contributed by atoms with Crippen molar-refractivity contribution < 1.29 is 9.53 Å². The molecule has 1 aliphatic heterocycles. The van der Waals surface area contributed by atoms with E-state index < -0.39 is 0 Å². The van der Waals surface area contributed by atoms with Crippen LogP contribution < -0.4 is 21.1 Å². The molecule has 2 heterocycles. The van der Waals surface area contributed by atoms with Gasteiger partial charge < -0.3 is 15.4 Å². The number of anilines is 1. The van der Waals surface area contributed by atoms with Crippen molar-refractivity contribution in [1.29, 1.82) is 0 Å². The molecule has 1 aliphatic rings. The van der Waals surface area contributed by atoms with E-state index in [1.807, 2.05) is 39.0 Å². The molecule has 0 spiro atoms. The molecule has 0 radical (unpaired) electrons. The van der Waals surface area contributed by atoms with Gasteiger partial charge in [0.1, 0.15) is 11.6 Å². The maximum absolute atomic E-state index is 12.3. The summed E-state index contributed by atoms with van der Waals surface area (Å²) in [6.07, 6.45) is 3.73. The second kappa shape index (κ2) is 8.95. The summed E-state index contributed by atoms with van der Waals surface area (Å²) in [6.45, 7) is 7.63. The van der Waals surface area contributed by atoms with Crippen LogP contribution in [0.2, 0.25) is 0 Å². The van der Waals surface area contributed by atoms with E-state index in [0.29, 0.717) is 25.2 Å². The average molecular weight is 387 g/mol. The summed E-state index contributed by atoms with van der Waals surface area (Å²) in [4.78, 5) is 24.3. The molecular formula is C20H29N5O3. The third-order valence-electron chi connectivity index (χ3n) is 4.66. The Balaban J connectivity index is 1.44. The molecule has 28 heavy (non-hydrogen) atoms. The Labute approximate surface area is 164 Å². The van der Waals surface area contributed by atoms with E-state index in [4.69, 9.17) is 4.74 Å². The molecule has 0 aliphatic carbocycles. The lowest BCUT2D eigenvalue weighted by Crippen LogP contribution is -2.31. The number of aryl methyl sites for hydroxylation is 3. The van der Waals surface area contributed by atoms with Crippen LogP contribution in [0, 0.1) is 6.92 Å². The summed E-state index contributed by atoms with van der Waals surface area (Å²) < 4.78 is 8.98. The van der Waals surface area contributed by atoms with Crippen molar-refractivity contribution in [2.24, 2.45) is 0 Å². The lowest BCUT2D eigenvalue weighted by Gasteiger charge is -2.14. The number of carbonyl (C=O) groups excluding carboxylic acids is 1. The Kier molecular flexibility index (Phi) is 6.38. The first-order chi connectivity index (χ1) is 13.4. The highest BCUT2D eigenvalue weighted by Crippen LogP contribution is 2.22. The van der Waals surface area contributed by atoms with Crippen LogP contribution >= 0.6 is 0 Å². The number of benzene rings is 1. The zero-order valence-corrected chi connectivity index (χ0v) is 16.8. The standard InChI is InChI=1S/C20H29N5O3/c1-14(2)28-17-9-8-16(13-15(17)3)22-19(26)21-10-6-12-25-20(27)24-11-5-4-7-18(24)23-25/h8-9,13-14H,4-7,10-12H2,1-3H3,(H2,21,22,26). The Morgan fingerprint density at radius 1 is 1.32 bits per heavy atom. The van der Waals surface area contributed by atoms with Crippen molar-refractivity contribution in [2.75, 3.05) is 11.9 Å². The second-order valence-electron chi connectivity index (χ2n) is 7.41. The van der Waals surface area contributed by atoms with Crippen molar-refractivity contribution in [2.45, 2.75) is 65.6 Å². The molecule has 0 saturated carbocycles. The molecular weight excluding hydrogens is 358 g/mol. The fourth-order valence-electron chi connectivity index (χ4n) is 3.31. The number of hydrogen-bond donors (Lipinski definition) is 2. The number of nitrogens with one attached hydrogen (secondary N) is 2. The van der Waals surface area contributed by atoms with Crippen LogP contribution in [0.5, 0.6) is 5.75 Å². The Morgan fingerprint density at radius 2 is 2.14 bits per heavy atom. The number of nitrogens with zero attached hydrogens (tertiary/aromatic N) is 3. The molecule has 0 saturated heterocycles. The highest BCUT2D eigenvalue weighted by atomic mass is 16.5. The first-order valence-electron chi connectivity index (χ1n) is 9.92. The van der Waals surface area contributed by atoms with E-state index in [1.54, 1.807) is 4.57 Å². The van der Waals surface area contributed by atoms with Crippen molar-refractivity contribution in [1.82, 2.24) is 19.7 Å². The molecule has 2 N–H and O–H groups in total. The van der Waals surface area contributed by atoms with Gasteiger partial charge in [-0.3, -0.25) is 4.57 Å². The van der Waals surface area contributed by atoms with Crippen LogP contribution in [0.4, 0.5) is 10.5 Å². The van der Waals surface area contributed by atoms with Gasteiger partial charge in [0.05, 0.1) is 6.10 Å². The topological polar surface area (TPSA) is 90.2 Å². The molecule has 2 aromatic rings. The van der Waals surface area contributed by atoms with E-state index >= 15 is 0 Å². The number of aromatic nitrogens is 3. The average Bonchev–Trinajstić information content (AvgIpc) is 2.97. The van der Waals surface area contributed by atoms with Gasteiger partial charge >= 0.3 is 11.7 Å². The van der Waals surface area contributed by atoms with Crippen LogP contribution in [0.3, 0.4) is 0 Å². The number of hydrogen-bond acceptors (Lipinski definition) is 4. The van der Waals surface area contributed by atoms with Crippen LogP contribution in [0.25, 0.3) is 0 Å². The molecule has 0 fully saturated rings. The third-order valence-corrected chi connectivity index (χ3v) is 4.66. The Bertz CT molecular complexity index is 884. The van der Waals surface area contributed by atoms with Gasteiger partial charge in [-0.25, -0.2) is 14.3 Å². The van der Waals surface area contributed by atoms with Gasteiger partial charge in [-0.1, -0.05) is 0 Å². The van der Waals surface area contributed by atoms with Gasteiger partial charge in [0.2, 0.25) is 0 Å². The van der Waals surface area contributed by atoms with Crippen molar-refractivity contribution >= 4 is 11.7 Å². The van der Waals surface area contributed by atoms with Gasteiger partial charge in [0.25, 0.3) is 0 Å². The number of fused-ring (bicyclic) bond motifs is 1. The predicted octanol–water partition coefficient (Wildman–Crippen LogP) is 2.69. The van der Waals surface area contributed by atoms with Gasteiger partial charge in [-0.05, 0) is 63.8 Å². The number of amides is 2. The number of ether oxygens (including phenoxy) is 1. The molecule has 152 valence electrons. The maximum Gasteiger partial charge on any atom is 0.345 e. The molecule has 8 nitrogen and oxygen atoms in total. The minimum absolute atomic E-state index is 0.0432. The van der Waals surface area contributed by atoms with Crippen LogP contribution in [-0.2, 0) is 19.5 Å². The SMILES string of the molecule is Cc1cc(NC(=O)NCCCn2nc3n(c2=O)CCCC3)ccc1OC(C)C. The van der Waals surface area contributed by atoms with Crippen LogP contribution in [-0.4, -0.2) is 33.0 Å². The van der Waals surface area contributed by atoms with E-state index in [2.05, 4.69) is 15.7 Å². The van der Waals surface area contributed by atoms with E-state index in [-0.39, 0.29) is 17.8 Å². The first kappa shape index (κ1) is 20.0. The second-order valence-corrected chi connectivity index (χ2v) is 7.41. The monoisotopic (exact) mass is 387 g/mol. The first-order valence-corrected chi connectivity index (χ1v) is 9.92. The van der Waals surface area contributed by atoms with Gasteiger partial charge in [0.15, 0.2) is 0 Å². The fourth-order valence-corrected chi connectivity index (χ4v) is 3.31. The van der Waals surface area contributed by atoms with Crippen molar-refractivity contribution in [3.8, 4) is 5.75 Å². The summed E-state index contributed by atoms with van der Waals surface area (Å²) in [5.74, 6) is 1.69. The number of urea groups is 1. The van der Waals surface area contributed by atoms with Gasteiger partial charge in [-0.2, -0.15) is 5.10 Å². The zero-order chi connectivity index (χ0) is 20.1. The normalized spacial score (nSPS) is 13.3. The molecule has 1 aromatic carbocycles. The minimum atomic E-state index is -0.270. The van der Waals surface area contributed by atoms with Crippen LogP contribution in [0.15, 0.2) is 23.0 Å². The lowest BCUT2D eigenvalue weighted by molar-refractivity contribution is 0.240. The lowest BCUT2D eigenvalue weighted by atomic mass is 10.2. The van der Waals surface area contributed by atoms with Gasteiger partial charge in [-0.15, -0.1) is 0 Å². The quantitative estimate of drug-likeness (QED) is 0.715. The van der Waals surface area contributed by atoms with Crippen molar-refractivity contribution in [3.63, 3.8) is 0 Å². The highest BCUT2D eigenvalue weighted by Gasteiger charge is 2.16. The molecule has 0 unspecified atom stereocenters. The minimum Gasteiger partial charge on any atom is -0.491 e. The largest absolute Gasteiger partial charge is 0.491 e. The molecule has 3 rings (SSSR count). The molecule has 0 atom stereocenters. The summed E-state index contributed by atoms with van der Waals surface area (Å²) in [6, 6.07) is 5.29. The van der Waals surface area contributed by atoms with Crippen LogP contribution in [0.1, 0.15) is 44.5 Å². The summed E-state index contributed by atoms with van der Waals surface area (Å²) in [7, 11) is 0. The predicted molar refractivity (Wildman–Crippen MR) is 108 cm³/mol. The number of carbonyl (C=O) groups is 1. The summed E-state index contributed by atoms with van der Waals surface area (Å²) >= 11 is 0. The zero-order valence-electron chi connectivity index (χ0n) is 16.8. The fraction of sp³-hybridized carbons (Fsp3) is 0.550. The smallest absolute Gasteiger partial charge is 0.345 e.